The molecule has 3 aliphatic rings. The molecule has 50 heavy (non-hydrogen) atoms. The molecule has 0 atom stereocenters. The number of benzene rings is 2. The molecule has 0 radical (unpaired) electrons. The minimum Gasteiger partial charge on any atom is -0.444 e. The van der Waals surface area contributed by atoms with E-state index in [1.807, 2.05) is 25.7 Å². The number of hydrogen-bond acceptors (Lipinski definition) is 5. The van der Waals surface area contributed by atoms with Gasteiger partial charge >= 0.3 is 6.09 Å². The van der Waals surface area contributed by atoms with Crippen LogP contribution >= 0.6 is 0 Å². The molecule has 6 heteroatoms. The summed E-state index contributed by atoms with van der Waals surface area (Å²) in [6.07, 6.45) is 18.8. The normalized spacial score (nSPS) is 19.4. The molecule has 2 aliphatic heterocycles. The number of hydrogen-bond donors (Lipinski definition) is 0. The molecular weight excluding hydrogens is 617 g/mol. The summed E-state index contributed by atoms with van der Waals surface area (Å²) in [5, 5.41) is 0. The summed E-state index contributed by atoms with van der Waals surface area (Å²) in [6.45, 7) is 16.6. The lowest BCUT2D eigenvalue weighted by atomic mass is 9.81. The Kier molecular flexibility index (Phi) is 10.9. The molecule has 2 aromatic rings. The zero-order chi connectivity index (χ0) is 36.3. The van der Waals surface area contributed by atoms with Crippen molar-refractivity contribution in [3.63, 3.8) is 0 Å². The van der Waals surface area contributed by atoms with Crippen molar-refractivity contribution in [3.05, 3.63) is 107 Å². The molecule has 2 aromatic carbocycles. The number of aliphatic imine (C=N–C) groups is 1. The summed E-state index contributed by atoms with van der Waals surface area (Å²) >= 11 is 0. The van der Waals surface area contributed by atoms with Crippen molar-refractivity contribution in [1.29, 1.82) is 0 Å². The number of unbranched alkanes of at least 4 members (excludes halogenated alkanes) is 1. The smallest absolute Gasteiger partial charge is 0.410 e. The molecule has 0 saturated carbocycles. The second-order valence-electron chi connectivity index (χ2n) is 15.8. The van der Waals surface area contributed by atoms with Gasteiger partial charge in [-0.05, 0) is 93.0 Å². The fourth-order valence-corrected chi connectivity index (χ4v) is 7.52. The van der Waals surface area contributed by atoms with Gasteiger partial charge in [0, 0.05) is 68.1 Å². The average molecular weight is 673 g/mol. The summed E-state index contributed by atoms with van der Waals surface area (Å²) in [4.78, 5) is 24.8. The Labute approximate surface area is 301 Å². The van der Waals surface area contributed by atoms with Crippen LogP contribution in [0.4, 0.5) is 16.2 Å². The summed E-state index contributed by atoms with van der Waals surface area (Å²) in [5.74, 6) is 2.71. The Morgan fingerprint density at radius 1 is 0.960 bits per heavy atom. The van der Waals surface area contributed by atoms with Gasteiger partial charge in [-0.15, -0.1) is 12.3 Å². The summed E-state index contributed by atoms with van der Waals surface area (Å²) in [7, 11) is 4.32. The monoisotopic (exact) mass is 672 g/mol. The van der Waals surface area contributed by atoms with Gasteiger partial charge in [0.05, 0.1) is 11.4 Å². The second-order valence-corrected chi connectivity index (χ2v) is 15.8. The van der Waals surface area contributed by atoms with Crippen LogP contribution in [-0.2, 0) is 15.6 Å². The minimum absolute atomic E-state index is 0.108. The lowest BCUT2D eigenvalue weighted by molar-refractivity contribution is 0.0239. The van der Waals surface area contributed by atoms with Gasteiger partial charge in [-0.2, -0.15) is 0 Å². The van der Waals surface area contributed by atoms with E-state index in [0.29, 0.717) is 26.1 Å². The van der Waals surface area contributed by atoms with Crippen LogP contribution in [-0.4, -0.2) is 60.9 Å². The number of nitrogens with zero attached hydrogens (tertiary/aromatic N) is 4. The molecule has 1 amide bonds. The van der Waals surface area contributed by atoms with Gasteiger partial charge < -0.3 is 19.4 Å². The fraction of sp³-hybridized carbons (Fsp3) is 0.455. The van der Waals surface area contributed by atoms with Crippen LogP contribution in [0.5, 0.6) is 0 Å². The number of fused-ring (bicyclic) bond motifs is 2. The predicted molar refractivity (Wildman–Crippen MR) is 209 cm³/mol. The number of anilines is 1. The summed E-state index contributed by atoms with van der Waals surface area (Å²) < 4.78 is 5.80. The summed E-state index contributed by atoms with van der Waals surface area (Å²) in [6, 6.07) is 17.1. The zero-order valence-electron chi connectivity index (χ0n) is 31.8. The first kappa shape index (κ1) is 36.8. The number of ether oxygens (including phenoxy) is 1. The van der Waals surface area contributed by atoms with E-state index in [4.69, 9.17) is 16.2 Å². The van der Waals surface area contributed by atoms with Crippen molar-refractivity contribution >= 4 is 23.2 Å². The Morgan fingerprint density at radius 2 is 1.66 bits per heavy atom. The number of rotatable bonds is 10. The van der Waals surface area contributed by atoms with Crippen molar-refractivity contribution in [2.24, 2.45) is 4.99 Å². The molecule has 0 spiro atoms. The first-order valence-electron chi connectivity index (χ1n) is 18.1. The van der Waals surface area contributed by atoms with Crippen molar-refractivity contribution in [2.75, 3.05) is 38.6 Å². The van der Waals surface area contributed by atoms with E-state index < -0.39 is 5.60 Å². The Bertz CT molecular complexity index is 1790. The van der Waals surface area contributed by atoms with Gasteiger partial charge in [-0.1, -0.05) is 76.2 Å². The number of carbonyl (C=O) groups excluding carboxylic acids is 1. The van der Waals surface area contributed by atoms with Crippen molar-refractivity contribution in [1.82, 2.24) is 9.80 Å². The maximum absolute atomic E-state index is 13.3. The number of allylic oxidation sites excluding steroid dienone is 7. The van der Waals surface area contributed by atoms with E-state index in [1.54, 1.807) is 0 Å². The molecule has 0 unspecified atom stereocenters. The zero-order valence-corrected chi connectivity index (χ0v) is 31.8. The van der Waals surface area contributed by atoms with Gasteiger partial charge in [0.15, 0.2) is 0 Å². The Balaban J connectivity index is 1.50. The molecule has 1 aliphatic carbocycles. The molecule has 0 aromatic heterocycles. The van der Waals surface area contributed by atoms with Crippen LogP contribution in [0.1, 0.15) is 91.7 Å². The molecule has 5 rings (SSSR count). The molecule has 0 saturated heterocycles. The van der Waals surface area contributed by atoms with Crippen molar-refractivity contribution in [2.45, 2.75) is 97.0 Å². The highest BCUT2D eigenvalue weighted by molar-refractivity contribution is 6.08. The van der Waals surface area contributed by atoms with Gasteiger partial charge in [-0.3, -0.25) is 4.99 Å². The lowest BCUT2D eigenvalue weighted by Gasteiger charge is -2.33. The maximum Gasteiger partial charge on any atom is 0.410 e. The van der Waals surface area contributed by atoms with E-state index >= 15 is 0 Å². The van der Waals surface area contributed by atoms with Crippen LogP contribution in [0.2, 0.25) is 0 Å². The minimum atomic E-state index is -0.572. The third-order valence-corrected chi connectivity index (χ3v) is 10.3. The van der Waals surface area contributed by atoms with E-state index in [-0.39, 0.29) is 16.9 Å². The van der Waals surface area contributed by atoms with Crippen LogP contribution in [0, 0.1) is 12.3 Å². The quantitative estimate of drug-likeness (QED) is 0.186. The topological polar surface area (TPSA) is 48.4 Å². The maximum atomic E-state index is 13.3. The van der Waals surface area contributed by atoms with Gasteiger partial charge in [0.25, 0.3) is 0 Å². The third kappa shape index (κ3) is 7.78. The van der Waals surface area contributed by atoms with Crippen molar-refractivity contribution in [3.8, 4) is 12.3 Å². The molecule has 0 N–H and O–H groups in total. The third-order valence-electron chi connectivity index (χ3n) is 10.3. The number of carbonyl (C=O) groups is 1. The van der Waals surface area contributed by atoms with Gasteiger partial charge in [0.1, 0.15) is 5.60 Å². The van der Waals surface area contributed by atoms with Gasteiger partial charge in [-0.25, -0.2) is 4.79 Å². The molecule has 2 heterocycles. The van der Waals surface area contributed by atoms with Gasteiger partial charge in [0.2, 0.25) is 0 Å². The van der Waals surface area contributed by atoms with E-state index in [1.165, 1.54) is 39.4 Å². The van der Waals surface area contributed by atoms with Crippen LogP contribution in [0.25, 0.3) is 0 Å². The van der Waals surface area contributed by atoms with Crippen LogP contribution in [0.15, 0.2) is 100 Å². The highest BCUT2D eigenvalue weighted by Crippen LogP contribution is 2.47. The highest BCUT2D eigenvalue weighted by atomic mass is 16.6. The van der Waals surface area contributed by atoms with Crippen molar-refractivity contribution < 1.29 is 9.53 Å². The Morgan fingerprint density at radius 3 is 2.34 bits per heavy atom. The molecule has 0 bridgehead atoms. The number of likely N-dealkylation sites (N-methyl/N-ethyl adjacent to an activating group) is 2. The molecule has 0 fully saturated rings. The SMILES string of the molecule is C#CCCCN(CCN(C)C1=C(/C=C/C2=Nc3ccccc3C2(C)C)CCC/C1=C\C=C1\N(C)c2ccccc2C1(C)C)C(=O)OC(C)(C)C. The van der Waals surface area contributed by atoms with Crippen LogP contribution in [0.3, 0.4) is 0 Å². The first-order valence-corrected chi connectivity index (χ1v) is 18.1. The largest absolute Gasteiger partial charge is 0.444 e. The first-order chi connectivity index (χ1) is 23.6. The van der Waals surface area contributed by atoms with Crippen LogP contribution < -0.4 is 4.90 Å². The highest BCUT2D eigenvalue weighted by Gasteiger charge is 2.38. The predicted octanol–water partition coefficient (Wildman–Crippen LogP) is 9.86. The van der Waals surface area contributed by atoms with E-state index in [9.17, 15) is 4.79 Å². The molecular formula is C44H56N4O2. The standard InChI is InChI=1S/C44H56N4O2/c1-11-12-17-29-48(41(49)50-42(2,3)4)31-30-46(9)40-32(25-27-38-43(5,6)34-21-13-15-23-36(34)45-38)19-18-20-33(40)26-28-39-44(7,8)35-22-14-16-24-37(35)47(39)10/h1,13-16,21-28H,12,17-20,29-31H2,2-10H3/b27-25+,33-26+,39-28+. The van der Waals surface area contributed by atoms with E-state index in [2.05, 4.69) is 130 Å². The lowest BCUT2D eigenvalue weighted by Crippen LogP contribution is -2.41. The molecule has 264 valence electrons. The van der Waals surface area contributed by atoms with E-state index in [0.717, 1.165) is 37.1 Å². The summed E-state index contributed by atoms with van der Waals surface area (Å²) in [5.41, 5.74) is 10.2. The number of para-hydroxylation sites is 2. The number of amides is 1. The average Bonchev–Trinajstić information content (AvgIpc) is 3.43. The molecule has 6 nitrogen and oxygen atoms in total. The number of terminal acetylenes is 1. The second kappa shape index (κ2) is 14.8. The fourth-order valence-electron chi connectivity index (χ4n) is 7.52. The Hall–Kier alpha value is -4.50.